The number of halogens is 1. The first-order valence-electron chi connectivity index (χ1n) is 6.97. The molecule has 0 spiro atoms. The van der Waals surface area contributed by atoms with Crippen molar-refractivity contribution in [1.82, 2.24) is 0 Å². The van der Waals surface area contributed by atoms with Gasteiger partial charge in [0.15, 0.2) is 0 Å². The lowest BCUT2D eigenvalue weighted by molar-refractivity contribution is 0.406. The van der Waals surface area contributed by atoms with E-state index >= 15 is 0 Å². The van der Waals surface area contributed by atoms with E-state index in [4.69, 9.17) is 4.74 Å². The van der Waals surface area contributed by atoms with Gasteiger partial charge in [0.05, 0.1) is 7.11 Å². The summed E-state index contributed by atoms with van der Waals surface area (Å²) in [6.45, 7) is 2.18. The first-order chi connectivity index (χ1) is 9.74. The Kier molecular flexibility index (Phi) is 5.66. The zero-order valence-electron chi connectivity index (χ0n) is 12.1. The SMILES string of the molecule is COc1ccccc1CC(CBr)Cc1ccccc1C. The van der Waals surface area contributed by atoms with Gasteiger partial charge >= 0.3 is 0 Å². The number of hydrogen-bond acceptors (Lipinski definition) is 1. The second-order valence-electron chi connectivity index (χ2n) is 5.17. The van der Waals surface area contributed by atoms with Gasteiger partial charge in [0.2, 0.25) is 0 Å². The number of hydrogen-bond donors (Lipinski definition) is 0. The highest BCUT2D eigenvalue weighted by Gasteiger charge is 2.13. The van der Waals surface area contributed by atoms with Gasteiger partial charge in [-0.25, -0.2) is 0 Å². The Balaban J connectivity index is 2.11. The van der Waals surface area contributed by atoms with Crippen LogP contribution in [0.3, 0.4) is 0 Å². The summed E-state index contributed by atoms with van der Waals surface area (Å²) in [6.07, 6.45) is 2.12. The maximum Gasteiger partial charge on any atom is 0.122 e. The highest BCUT2D eigenvalue weighted by molar-refractivity contribution is 9.09. The maximum atomic E-state index is 5.45. The van der Waals surface area contributed by atoms with Crippen molar-refractivity contribution in [3.05, 3.63) is 65.2 Å². The molecule has 2 aromatic rings. The number of aryl methyl sites for hydroxylation is 1. The van der Waals surface area contributed by atoms with Crippen LogP contribution in [0.15, 0.2) is 48.5 Å². The second-order valence-corrected chi connectivity index (χ2v) is 5.81. The number of alkyl halides is 1. The molecule has 0 amide bonds. The van der Waals surface area contributed by atoms with E-state index in [0.717, 1.165) is 23.9 Å². The second kappa shape index (κ2) is 7.49. The van der Waals surface area contributed by atoms with Crippen molar-refractivity contribution in [3.63, 3.8) is 0 Å². The largest absolute Gasteiger partial charge is 0.496 e. The van der Waals surface area contributed by atoms with Crippen LogP contribution in [-0.2, 0) is 12.8 Å². The maximum absolute atomic E-state index is 5.45. The van der Waals surface area contributed by atoms with Crippen LogP contribution in [-0.4, -0.2) is 12.4 Å². The molecule has 0 aromatic heterocycles. The molecule has 0 aliphatic rings. The summed E-state index contributed by atoms with van der Waals surface area (Å²) in [4.78, 5) is 0. The van der Waals surface area contributed by atoms with Gasteiger partial charge in [-0.15, -0.1) is 0 Å². The molecule has 1 unspecified atom stereocenters. The van der Waals surface area contributed by atoms with Gasteiger partial charge in [-0.3, -0.25) is 0 Å². The molecule has 1 atom stereocenters. The van der Waals surface area contributed by atoms with Crippen molar-refractivity contribution in [2.75, 3.05) is 12.4 Å². The first-order valence-corrected chi connectivity index (χ1v) is 8.09. The van der Waals surface area contributed by atoms with E-state index in [2.05, 4.69) is 59.3 Å². The number of methoxy groups -OCH3 is 1. The van der Waals surface area contributed by atoms with E-state index in [1.807, 2.05) is 12.1 Å². The van der Waals surface area contributed by atoms with Crippen molar-refractivity contribution in [2.45, 2.75) is 19.8 Å². The summed E-state index contributed by atoms with van der Waals surface area (Å²) in [5, 5.41) is 0.999. The van der Waals surface area contributed by atoms with Crippen molar-refractivity contribution in [1.29, 1.82) is 0 Å². The van der Waals surface area contributed by atoms with Gasteiger partial charge in [-0.2, -0.15) is 0 Å². The molecule has 0 saturated carbocycles. The Bertz CT molecular complexity index is 551. The van der Waals surface area contributed by atoms with E-state index in [1.54, 1.807) is 7.11 Å². The number of ether oxygens (including phenoxy) is 1. The molecule has 106 valence electrons. The molecular formula is C18H21BrO. The molecule has 2 aromatic carbocycles. The van der Waals surface area contributed by atoms with E-state index in [9.17, 15) is 0 Å². The quantitative estimate of drug-likeness (QED) is 0.690. The molecular weight excluding hydrogens is 312 g/mol. The molecule has 0 N–H and O–H groups in total. The minimum Gasteiger partial charge on any atom is -0.496 e. The molecule has 20 heavy (non-hydrogen) atoms. The highest BCUT2D eigenvalue weighted by atomic mass is 79.9. The molecule has 0 fully saturated rings. The van der Waals surface area contributed by atoms with Crippen LogP contribution in [0.5, 0.6) is 5.75 Å². The lowest BCUT2D eigenvalue weighted by Crippen LogP contribution is -2.11. The Morgan fingerprint density at radius 3 is 2.20 bits per heavy atom. The van der Waals surface area contributed by atoms with Gasteiger partial charge in [-0.1, -0.05) is 58.4 Å². The molecule has 2 heteroatoms. The standard InChI is InChI=1S/C18H21BrO/c1-14-7-3-4-8-16(14)11-15(13-19)12-17-9-5-6-10-18(17)20-2/h3-10,15H,11-13H2,1-2H3. The molecule has 2 rings (SSSR count). The van der Waals surface area contributed by atoms with Crippen molar-refractivity contribution >= 4 is 15.9 Å². The Hall–Kier alpha value is -1.28. The van der Waals surface area contributed by atoms with Crippen molar-refractivity contribution in [2.24, 2.45) is 5.92 Å². The molecule has 0 bridgehead atoms. The Morgan fingerprint density at radius 2 is 1.55 bits per heavy atom. The van der Waals surface area contributed by atoms with Crippen LogP contribution in [0.2, 0.25) is 0 Å². The average molecular weight is 333 g/mol. The molecule has 0 aliphatic carbocycles. The summed E-state index contributed by atoms with van der Waals surface area (Å²) in [7, 11) is 1.74. The van der Waals surface area contributed by atoms with Gasteiger partial charge in [0.1, 0.15) is 5.75 Å². The fraction of sp³-hybridized carbons (Fsp3) is 0.333. The third kappa shape index (κ3) is 3.86. The topological polar surface area (TPSA) is 9.23 Å². The van der Waals surface area contributed by atoms with Crippen molar-refractivity contribution in [3.8, 4) is 5.75 Å². The minimum absolute atomic E-state index is 0.576. The predicted molar refractivity (Wildman–Crippen MR) is 88.9 cm³/mol. The Morgan fingerprint density at radius 1 is 0.950 bits per heavy atom. The summed E-state index contributed by atoms with van der Waals surface area (Å²) < 4.78 is 5.45. The third-order valence-electron chi connectivity index (χ3n) is 3.69. The minimum atomic E-state index is 0.576. The lowest BCUT2D eigenvalue weighted by Gasteiger charge is -2.17. The normalized spacial score (nSPS) is 12.2. The fourth-order valence-electron chi connectivity index (χ4n) is 2.51. The number of rotatable bonds is 6. The van der Waals surface area contributed by atoms with Gasteiger partial charge < -0.3 is 4.74 Å². The molecule has 0 saturated heterocycles. The van der Waals surface area contributed by atoms with E-state index in [-0.39, 0.29) is 0 Å². The Labute approximate surface area is 130 Å². The predicted octanol–water partition coefficient (Wildman–Crippen LogP) is 4.80. The van der Waals surface area contributed by atoms with Gasteiger partial charge in [-0.05, 0) is 48.4 Å². The third-order valence-corrected chi connectivity index (χ3v) is 4.60. The van der Waals surface area contributed by atoms with E-state index in [1.165, 1.54) is 16.7 Å². The highest BCUT2D eigenvalue weighted by Crippen LogP contribution is 2.24. The van der Waals surface area contributed by atoms with E-state index in [0.29, 0.717) is 5.92 Å². The van der Waals surface area contributed by atoms with Crippen LogP contribution in [0.25, 0.3) is 0 Å². The number of para-hydroxylation sites is 1. The van der Waals surface area contributed by atoms with Gasteiger partial charge in [0, 0.05) is 5.33 Å². The van der Waals surface area contributed by atoms with Crippen LogP contribution >= 0.6 is 15.9 Å². The van der Waals surface area contributed by atoms with Crippen LogP contribution < -0.4 is 4.74 Å². The lowest BCUT2D eigenvalue weighted by atomic mass is 9.92. The van der Waals surface area contributed by atoms with Crippen LogP contribution in [0, 0.1) is 12.8 Å². The summed E-state index contributed by atoms with van der Waals surface area (Å²) in [6, 6.07) is 16.9. The van der Waals surface area contributed by atoms with Crippen molar-refractivity contribution < 1.29 is 4.74 Å². The van der Waals surface area contributed by atoms with Crippen LogP contribution in [0.4, 0.5) is 0 Å². The zero-order chi connectivity index (χ0) is 14.4. The smallest absolute Gasteiger partial charge is 0.122 e. The average Bonchev–Trinajstić information content (AvgIpc) is 2.49. The molecule has 1 nitrogen and oxygen atoms in total. The summed E-state index contributed by atoms with van der Waals surface area (Å²) in [5.41, 5.74) is 4.10. The van der Waals surface area contributed by atoms with E-state index < -0.39 is 0 Å². The summed E-state index contributed by atoms with van der Waals surface area (Å²) in [5.74, 6) is 1.57. The van der Waals surface area contributed by atoms with Gasteiger partial charge in [0.25, 0.3) is 0 Å². The summed E-state index contributed by atoms with van der Waals surface area (Å²) >= 11 is 3.66. The monoisotopic (exact) mass is 332 g/mol. The fourth-order valence-corrected chi connectivity index (χ4v) is 2.97. The number of benzene rings is 2. The molecule has 0 heterocycles. The zero-order valence-corrected chi connectivity index (χ0v) is 13.7. The molecule has 0 aliphatic heterocycles. The first kappa shape index (κ1) is 15.1. The van der Waals surface area contributed by atoms with Crippen LogP contribution in [0.1, 0.15) is 16.7 Å². The molecule has 0 radical (unpaired) electrons.